The van der Waals surface area contributed by atoms with Crippen LogP contribution in [0.2, 0.25) is 0 Å². The van der Waals surface area contributed by atoms with Crippen molar-refractivity contribution in [1.82, 2.24) is 20.9 Å². The average molecular weight is 638 g/mol. The molecule has 2 aromatic rings. The Balaban J connectivity index is 1.73. The van der Waals surface area contributed by atoms with Gasteiger partial charge in [-0.1, -0.05) is 44.2 Å². The Morgan fingerprint density at radius 1 is 0.935 bits per heavy atom. The van der Waals surface area contributed by atoms with Crippen LogP contribution in [0.5, 0.6) is 0 Å². The van der Waals surface area contributed by atoms with E-state index >= 15 is 0 Å². The second-order valence-corrected chi connectivity index (χ2v) is 12.0. The van der Waals surface area contributed by atoms with Crippen LogP contribution >= 0.6 is 0 Å². The first-order chi connectivity index (χ1) is 21.8. The fourth-order valence-electron chi connectivity index (χ4n) is 5.42. The smallest absolute Gasteiger partial charge is 0.245 e. The number of carbonyl (C=O) groups excluding carboxylic acids is 5. The molecule has 1 saturated heterocycles. The Morgan fingerprint density at radius 3 is 2.30 bits per heavy atom. The van der Waals surface area contributed by atoms with Gasteiger partial charge in [0, 0.05) is 18.8 Å². The Morgan fingerprint density at radius 2 is 1.63 bits per heavy atom. The lowest BCUT2D eigenvalue weighted by Crippen LogP contribution is -2.57. The number of hydrogen-bond acceptors (Lipinski definition) is 7. The molecule has 4 atom stereocenters. The number of rotatable bonds is 16. The Labute approximate surface area is 269 Å². The van der Waals surface area contributed by atoms with Crippen molar-refractivity contribution in [2.24, 2.45) is 28.1 Å². The SMILES string of the molecule is CC(C)C[C@H](NC(=O)[C@@H](C)Nc1ccc2ccccc2c1)C(=O)N[C@@H](CCCN=C(N)N)C(=O)N1CCC[C@H]1C(=O)NCC(N)=O. The van der Waals surface area contributed by atoms with Crippen LogP contribution in [0, 0.1) is 5.92 Å². The van der Waals surface area contributed by atoms with Gasteiger partial charge in [-0.2, -0.15) is 0 Å². The van der Waals surface area contributed by atoms with E-state index in [9.17, 15) is 24.0 Å². The largest absolute Gasteiger partial charge is 0.374 e. The van der Waals surface area contributed by atoms with Gasteiger partial charge in [0.25, 0.3) is 0 Å². The van der Waals surface area contributed by atoms with Crippen molar-refractivity contribution in [3.63, 3.8) is 0 Å². The van der Waals surface area contributed by atoms with E-state index in [1.54, 1.807) is 6.92 Å². The molecule has 1 heterocycles. The Kier molecular flexibility index (Phi) is 13.1. The summed E-state index contributed by atoms with van der Waals surface area (Å²) >= 11 is 0. The number of nitrogens with zero attached hydrogens (tertiary/aromatic N) is 2. The number of benzene rings is 2. The molecule has 14 heteroatoms. The second-order valence-electron chi connectivity index (χ2n) is 12.0. The highest BCUT2D eigenvalue weighted by Gasteiger charge is 2.38. The van der Waals surface area contributed by atoms with Gasteiger partial charge in [-0.15, -0.1) is 0 Å². The summed E-state index contributed by atoms with van der Waals surface area (Å²) in [4.78, 5) is 70.1. The molecule has 5 amide bonds. The number of anilines is 1. The van der Waals surface area contributed by atoms with Crippen LogP contribution in [0.1, 0.15) is 52.9 Å². The molecule has 0 radical (unpaired) electrons. The van der Waals surface area contributed by atoms with Crippen LogP contribution in [0.15, 0.2) is 47.5 Å². The summed E-state index contributed by atoms with van der Waals surface area (Å²) in [5.74, 6) is -2.58. The molecule has 3 rings (SSSR count). The van der Waals surface area contributed by atoms with E-state index in [0.29, 0.717) is 32.2 Å². The maximum Gasteiger partial charge on any atom is 0.245 e. The maximum absolute atomic E-state index is 13.8. The molecule has 0 aliphatic carbocycles. The molecule has 0 bridgehead atoms. The number of nitrogens with two attached hydrogens (primary N) is 3. The quantitative estimate of drug-likeness (QED) is 0.0768. The number of likely N-dealkylation sites (tertiary alicyclic amines) is 1. The van der Waals surface area contributed by atoms with Gasteiger partial charge in [-0.05, 0) is 67.9 Å². The average Bonchev–Trinajstić information content (AvgIpc) is 3.50. The number of carbonyl (C=O) groups is 5. The zero-order chi connectivity index (χ0) is 33.8. The van der Waals surface area contributed by atoms with Gasteiger partial charge in [-0.3, -0.25) is 29.0 Å². The number of nitrogens with one attached hydrogen (secondary N) is 4. The zero-order valence-corrected chi connectivity index (χ0v) is 26.8. The first-order valence-electron chi connectivity index (χ1n) is 15.6. The number of guanidine groups is 1. The zero-order valence-electron chi connectivity index (χ0n) is 26.8. The van der Waals surface area contributed by atoms with Crippen LogP contribution in [0.4, 0.5) is 5.69 Å². The fourth-order valence-corrected chi connectivity index (χ4v) is 5.42. The van der Waals surface area contributed by atoms with E-state index in [-0.39, 0.29) is 37.3 Å². The summed E-state index contributed by atoms with van der Waals surface area (Å²) in [6, 6.07) is 10.3. The number of aliphatic imine (C=N–C) groups is 1. The molecule has 1 aliphatic heterocycles. The van der Waals surface area contributed by atoms with Crippen molar-refractivity contribution in [2.75, 3.05) is 25.0 Å². The van der Waals surface area contributed by atoms with Gasteiger partial charge >= 0.3 is 0 Å². The molecule has 1 fully saturated rings. The maximum atomic E-state index is 13.8. The molecule has 0 saturated carbocycles. The molecule has 14 nitrogen and oxygen atoms in total. The van der Waals surface area contributed by atoms with Gasteiger partial charge in [0.15, 0.2) is 5.96 Å². The highest BCUT2D eigenvalue weighted by Crippen LogP contribution is 2.21. The second kappa shape index (κ2) is 17.0. The van der Waals surface area contributed by atoms with Crippen molar-refractivity contribution >= 4 is 52.0 Å². The van der Waals surface area contributed by atoms with Gasteiger partial charge in [0.2, 0.25) is 29.5 Å². The summed E-state index contributed by atoms with van der Waals surface area (Å²) in [5, 5.41) is 13.4. The molecular formula is C32H47N9O5. The third-order valence-electron chi connectivity index (χ3n) is 7.70. The minimum absolute atomic E-state index is 0.0488. The van der Waals surface area contributed by atoms with Crippen molar-refractivity contribution in [1.29, 1.82) is 0 Å². The highest BCUT2D eigenvalue weighted by atomic mass is 16.2. The third kappa shape index (κ3) is 10.6. The lowest BCUT2D eigenvalue weighted by atomic mass is 10.0. The Bertz CT molecular complexity index is 1430. The van der Waals surface area contributed by atoms with E-state index < -0.39 is 47.8 Å². The molecule has 2 aromatic carbocycles. The normalized spacial score (nSPS) is 16.3. The van der Waals surface area contributed by atoms with Crippen molar-refractivity contribution in [3.05, 3.63) is 42.5 Å². The first kappa shape index (κ1) is 35.6. The van der Waals surface area contributed by atoms with Crippen molar-refractivity contribution < 1.29 is 24.0 Å². The molecular weight excluding hydrogens is 590 g/mol. The molecule has 0 aromatic heterocycles. The molecule has 10 N–H and O–H groups in total. The standard InChI is InChI=1S/C32H47N9O5/c1-19(2)16-25(40-28(43)20(3)38-23-13-12-21-8-4-5-9-22(21)17-23)29(44)39-24(10-6-14-36-32(34)35)31(46)41-15-7-11-26(41)30(45)37-18-27(33)42/h4-5,8-9,12-13,17,19-20,24-26,38H,6-7,10-11,14-16,18H2,1-3H3,(H2,33,42)(H,37,45)(H,39,44)(H,40,43)(H4,34,35,36)/t20-,24+,25+,26+/m1/s1. The number of hydrogen-bond donors (Lipinski definition) is 7. The van der Waals surface area contributed by atoms with Gasteiger partial charge < -0.3 is 43.4 Å². The molecule has 0 unspecified atom stereocenters. The molecule has 250 valence electrons. The van der Waals surface area contributed by atoms with Crippen LogP contribution in [0.3, 0.4) is 0 Å². The van der Waals surface area contributed by atoms with Crippen molar-refractivity contribution in [3.8, 4) is 0 Å². The summed E-state index contributed by atoms with van der Waals surface area (Å²) in [6.45, 7) is 5.76. The minimum Gasteiger partial charge on any atom is -0.374 e. The van der Waals surface area contributed by atoms with E-state index in [2.05, 4.69) is 26.3 Å². The van der Waals surface area contributed by atoms with Crippen LogP contribution < -0.4 is 38.5 Å². The van der Waals surface area contributed by atoms with E-state index in [1.807, 2.05) is 56.3 Å². The van der Waals surface area contributed by atoms with Crippen LogP contribution in [-0.4, -0.2) is 84.2 Å². The summed E-state index contributed by atoms with van der Waals surface area (Å²) in [5.41, 5.74) is 16.8. The summed E-state index contributed by atoms with van der Waals surface area (Å²) in [6.07, 6.45) is 1.87. The lowest BCUT2D eigenvalue weighted by molar-refractivity contribution is -0.142. The lowest BCUT2D eigenvalue weighted by Gasteiger charge is -2.30. The molecule has 0 spiro atoms. The molecule has 46 heavy (non-hydrogen) atoms. The van der Waals surface area contributed by atoms with Crippen LogP contribution in [-0.2, 0) is 24.0 Å². The van der Waals surface area contributed by atoms with E-state index in [0.717, 1.165) is 16.5 Å². The Hall–Kier alpha value is -4.88. The fraction of sp³-hybridized carbons (Fsp3) is 0.500. The third-order valence-corrected chi connectivity index (χ3v) is 7.70. The minimum atomic E-state index is -1.01. The monoisotopic (exact) mass is 637 g/mol. The van der Waals surface area contributed by atoms with Gasteiger partial charge in [0.05, 0.1) is 6.54 Å². The number of fused-ring (bicyclic) bond motifs is 1. The molecule has 1 aliphatic rings. The van der Waals surface area contributed by atoms with Crippen LogP contribution in [0.25, 0.3) is 10.8 Å². The highest BCUT2D eigenvalue weighted by molar-refractivity contribution is 5.96. The van der Waals surface area contributed by atoms with Gasteiger partial charge in [-0.25, -0.2) is 0 Å². The van der Waals surface area contributed by atoms with Gasteiger partial charge in [0.1, 0.15) is 24.2 Å². The number of primary amides is 1. The number of amides is 5. The van der Waals surface area contributed by atoms with Crippen molar-refractivity contribution in [2.45, 2.75) is 77.0 Å². The van der Waals surface area contributed by atoms with E-state index in [4.69, 9.17) is 17.2 Å². The summed E-state index contributed by atoms with van der Waals surface area (Å²) < 4.78 is 0. The van der Waals surface area contributed by atoms with E-state index in [1.165, 1.54) is 4.90 Å². The predicted molar refractivity (Wildman–Crippen MR) is 177 cm³/mol. The topological polar surface area (TPSA) is 227 Å². The predicted octanol–water partition coefficient (Wildman–Crippen LogP) is 0.302. The summed E-state index contributed by atoms with van der Waals surface area (Å²) in [7, 11) is 0. The first-order valence-corrected chi connectivity index (χ1v) is 15.6.